The molecule has 0 heterocycles. The Hall–Kier alpha value is -5.34. The fourth-order valence-corrected chi connectivity index (χ4v) is 7.41. The van der Waals surface area contributed by atoms with E-state index in [0.29, 0.717) is 6.54 Å². The molecule has 0 fully saturated rings. The third-order valence-corrected chi connectivity index (χ3v) is 9.88. The molecule has 0 bridgehead atoms. The monoisotopic (exact) mass is 699 g/mol. The van der Waals surface area contributed by atoms with Gasteiger partial charge >= 0.3 is 6.09 Å². The third kappa shape index (κ3) is 10.3. The Morgan fingerprint density at radius 1 is 0.569 bits per heavy atom. The first kappa shape index (κ1) is 36.9. The molecule has 51 heavy (non-hydrogen) atoms. The molecule has 0 unspecified atom stereocenters. The Labute approximate surface area is 305 Å². The molecule has 0 aliphatic rings. The molecule has 0 saturated heterocycles. The van der Waals surface area contributed by atoms with Crippen LogP contribution in [0.5, 0.6) is 0 Å². The molecule has 0 aromatic heterocycles. The molecule has 0 radical (unpaired) electrons. The summed E-state index contributed by atoms with van der Waals surface area (Å²) in [5.41, 5.74) is 4.14. The second-order valence-corrected chi connectivity index (χ2v) is 14.5. The number of hydrogen-bond donors (Lipinski definition) is 3. The van der Waals surface area contributed by atoms with Crippen molar-refractivity contribution in [2.24, 2.45) is 0 Å². The van der Waals surface area contributed by atoms with Gasteiger partial charge in [0, 0.05) is 18.7 Å². The molecule has 3 N–H and O–H groups in total. The Morgan fingerprint density at radius 3 is 1.45 bits per heavy atom. The zero-order valence-corrected chi connectivity index (χ0v) is 30.1. The van der Waals surface area contributed by atoms with Gasteiger partial charge in [-0.25, -0.2) is 4.79 Å². The molecule has 0 aliphatic heterocycles. The summed E-state index contributed by atoms with van der Waals surface area (Å²) in [4.78, 5) is 41.3. The van der Waals surface area contributed by atoms with Crippen LogP contribution < -0.4 is 16.0 Å². The van der Waals surface area contributed by atoms with Crippen LogP contribution in [0.3, 0.4) is 0 Å². The van der Waals surface area contributed by atoms with E-state index in [-0.39, 0.29) is 18.1 Å². The van der Waals surface area contributed by atoms with Gasteiger partial charge < -0.3 is 20.7 Å². The zero-order chi connectivity index (χ0) is 36.1. The molecule has 5 aromatic carbocycles. The zero-order valence-electron chi connectivity index (χ0n) is 29.3. The van der Waals surface area contributed by atoms with E-state index in [1.807, 2.05) is 115 Å². The summed E-state index contributed by atoms with van der Waals surface area (Å²) in [6.07, 6.45) is -0.506. The lowest BCUT2D eigenvalue weighted by atomic mass is 9.84. The Kier molecular flexibility index (Phi) is 12.7. The first-order valence-corrected chi connectivity index (χ1v) is 18.1. The van der Waals surface area contributed by atoms with E-state index in [2.05, 4.69) is 52.3 Å². The predicted molar refractivity (Wildman–Crippen MR) is 205 cm³/mol. The number of nitrogens with one attached hydrogen (secondary N) is 3. The molecule has 8 heteroatoms. The fourth-order valence-electron chi connectivity index (χ4n) is 5.85. The van der Waals surface area contributed by atoms with Crippen molar-refractivity contribution in [1.29, 1.82) is 0 Å². The minimum atomic E-state index is -1.00. The summed E-state index contributed by atoms with van der Waals surface area (Å²) in [5.74, 6) is -0.608. The molecule has 2 atom stereocenters. The predicted octanol–water partition coefficient (Wildman–Crippen LogP) is 7.65. The minimum Gasteiger partial charge on any atom is -0.444 e. The van der Waals surface area contributed by atoms with E-state index in [1.54, 1.807) is 32.5 Å². The maximum Gasteiger partial charge on any atom is 0.408 e. The van der Waals surface area contributed by atoms with Crippen LogP contribution in [0.4, 0.5) is 4.79 Å². The number of carbonyl (C=O) groups is 3. The Morgan fingerprint density at radius 2 is 1.00 bits per heavy atom. The van der Waals surface area contributed by atoms with Gasteiger partial charge in [-0.2, -0.15) is 0 Å². The minimum absolute atomic E-state index is 0.208. The van der Waals surface area contributed by atoms with Gasteiger partial charge in [0.2, 0.25) is 11.8 Å². The average Bonchev–Trinajstić information content (AvgIpc) is 3.14. The van der Waals surface area contributed by atoms with Crippen molar-refractivity contribution in [3.63, 3.8) is 0 Å². The summed E-state index contributed by atoms with van der Waals surface area (Å²) in [5, 5.41) is 8.83. The summed E-state index contributed by atoms with van der Waals surface area (Å²) < 4.78 is 4.80. The van der Waals surface area contributed by atoms with E-state index in [4.69, 9.17) is 4.74 Å². The number of alkyl carbamates (subject to hydrolysis) is 1. The van der Waals surface area contributed by atoms with Crippen LogP contribution >= 0.6 is 11.8 Å². The number of ether oxygens (including phenoxy) is 1. The van der Waals surface area contributed by atoms with Gasteiger partial charge in [0.15, 0.2) is 0 Å². The largest absolute Gasteiger partial charge is 0.444 e. The molecule has 7 nitrogen and oxygen atoms in total. The molecular formula is C43H45N3O4S. The highest BCUT2D eigenvalue weighted by molar-refractivity contribution is 8.00. The van der Waals surface area contributed by atoms with Gasteiger partial charge in [0.05, 0.1) is 4.75 Å². The summed E-state index contributed by atoms with van der Waals surface area (Å²) >= 11 is 1.58. The van der Waals surface area contributed by atoms with Crippen LogP contribution in [0.2, 0.25) is 0 Å². The SMILES string of the molecule is CC(C)(C)OC(=O)N[C@@H](Cc1ccccc1)C(=O)N[C@@H](CSC(c1ccccc1)(c1ccccc1)c1ccccc1)C(=O)NCc1ccccc1. The van der Waals surface area contributed by atoms with Crippen LogP contribution in [0.25, 0.3) is 0 Å². The lowest BCUT2D eigenvalue weighted by Crippen LogP contribution is -2.56. The van der Waals surface area contributed by atoms with E-state index in [9.17, 15) is 14.4 Å². The maximum atomic E-state index is 14.2. The normalized spacial score (nSPS) is 12.6. The smallest absolute Gasteiger partial charge is 0.408 e. The standard InChI is InChI=1S/C43H45N3O4S/c1-42(2,3)50-41(49)46-37(29-32-19-9-4-10-20-32)40(48)45-38(39(47)44-30-33-21-11-5-12-22-33)31-51-43(34-23-13-6-14-24-34,35-25-15-7-16-26-35)36-27-17-8-18-28-36/h4-28,37-38H,29-31H2,1-3H3,(H,44,47)(H,45,48)(H,46,49)/t37-,38-/m0/s1. The fraction of sp³-hybridized carbons (Fsp3) is 0.233. The number of thioether (sulfide) groups is 1. The number of amides is 3. The average molecular weight is 700 g/mol. The highest BCUT2D eigenvalue weighted by atomic mass is 32.2. The van der Waals surface area contributed by atoms with Crippen LogP contribution in [0.15, 0.2) is 152 Å². The number of benzene rings is 5. The van der Waals surface area contributed by atoms with Crippen molar-refractivity contribution in [3.05, 3.63) is 179 Å². The molecule has 0 saturated carbocycles. The highest BCUT2D eigenvalue weighted by Crippen LogP contribution is 2.48. The summed E-state index contributed by atoms with van der Waals surface area (Å²) in [6.45, 7) is 5.59. The van der Waals surface area contributed by atoms with Gasteiger partial charge in [-0.1, -0.05) is 152 Å². The van der Waals surface area contributed by atoms with E-state index < -0.39 is 34.4 Å². The van der Waals surface area contributed by atoms with Gasteiger partial charge in [-0.15, -0.1) is 11.8 Å². The van der Waals surface area contributed by atoms with E-state index in [1.165, 1.54) is 0 Å². The lowest BCUT2D eigenvalue weighted by molar-refractivity contribution is -0.129. The topological polar surface area (TPSA) is 96.5 Å². The van der Waals surface area contributed by atoms with Crippen LogP contribution in [-0.2, 0) is 32.0 Å². The van der Waals surface area contributed by atoms with Crippen molar-refractivity contribution in [2.45, 2.75) is 56.2 Å². The molecule has 3 amide bonds. The van der Waals surface area contributed by atoms with E-state index >= 15 is 0 Å². The van der Waals surface area contributed by atoms with Gasteiger partial charge in [-0.05, 0) is 48.6 Å². The quantitative estimate of drug-likeness (QED) is 0.104. The van der Waals surface area contributed by atoms with Crippen LogP contribution in [-0.4, -0.2) is 41.3 Å². The first-order chi connectivity index (χ1) is 24.6. The van der Waals surface area contributed by atoms with Crippen molar-refractivity contribution < 1.29 is 19.1 Å². The first-order valence-electron chi connectivity index (χ1n) is 17.1. The molecule has 0 spiro atoms. The Balaban J connectivity index is 1.50. The van der Waals surface area contributed by atoms with Crippen molar-refractivity contribution >= 4 is 29.7 Å². The van der Waals surface area contributed by atoms with Crippen LogP contribution in [0.1, 0.15) is 48.6 Å². The third-order valence-electron chi connectivity index (χ3n) is 8.24. The summed E-state index contributed by atoms with van der Waals surface area (Å²) in [6, 6.07) is 47.7. The number of carbonyl (C=O) groups excluding carboxylic acids is 3. The van der Waals surface area contributed by atoms with Gasteiger partial charge in [0.1, 0.15) is 17.7 Å². The molecular weight excluding hydrogens is 655 g/mol. The second kappa shape index (κ2) is 17.5. The molecule has 0 aliphatic carbocycles. The van der Waals surface area contributed by atoms with Crippen molar-refractivity contribution in [3.8, 4) is 0 Å². The maximum absolute atomic E-state index is 14.2. The Bertz CT molecular complexity index is 1740. The van der Waals surface area contributed by atoms with E-state index in [0.717, 1.165) is 27.8 Å². The molecule has 5 rings (SSSR count). The van der Waals surface area contributed by atoms with Crippen LogP contribution in [0, 0.1) is 0 Å². The molecule has 262 valence electrons. The number of hydrogen-bond acceptors (Lipinski definition) is 5. The second-order valence-electron chi connectivity index (χ2n) is 13.2. The lowest BCUT2D eigenvalue weighted by Gasteiger charge is -2.36. The molecule has 5 aromatic rings. The van der Waals surface area contributed by atoms with Crippen molar-refractivity contribution in [2.75, 3.05) is 5.75 Å². The van der Waals surface area contributed by atoms with Gasteiger partial charge in [-0.3, -0.25) is 9.59 Å². The van der Waals surface area contributed by atoms with Crippen molar-refractivity contribution in [1.82, 2.24) is 16.0 Å². The summed E-state index contributed by atoms with van der Waals surface area (Å²) in [7, 11) is 0. The van der Waals surface area contributed by atoms with Gasteiger partial charge in [0.25, 0.3) is 0 Å². The highest BCUT2D eigenvalue weighted by Gasteiger charge is 2.39. The number of rotatable bonds is 14.